The van der Waals surface area contributed by atoms with E-state index in [9.17, 15) is 14.3 Å². The molecule has 26 heavy (non-hydrogen) atoms. The van der Waals surface area contributed by atoms with Crippen molar-refractivity contribution >= 4 is 37.5 Å². The fourth-order valence-electron chi connectivity index (χ4n) is 2.91. The van der Waals surface area contributed by atoms with Crippen LogP contribution in [0, 0.1) is 5.82 Å². The Morgan fingerprint density at radius 2 is 2.00 bits per heavy atom. The number of halogens is 1. The first-order valence-electron chi connectivity index (χ1n) is 7.97. The lowest BCUT2D eigenvalue weighted by molar-refractivity contribution is 0.304. The van der Waals surface area contributed by atoms with Gasteiger partial charge in [-0.05, 0) is 30.3 Å². The van der Waals surface area contributed by atoms with Gasteiger partial charge in [-0.15, -0.1) is 11.3 Å². The van der Waals surface area contributed by atoms with Crippen LogP contribution in [0.15, 0.2) is 47.7 Å². The van der Waals surface area contributed by atoms with E-state index in [4.69, 9.17) is 0 Å². The maximum Gasteiger partial charge on any atom is 0.275 e. The van der Waals surface area contributed by atoms with Gasteiger partial charge in [0.05, 0.1) is 23.4 Å². The molecule has 0 atom stereocenters. The Bertz CT molecular complexity index is 1150. The molecule has 0 bridgehead atoms. The zero-order valence-electron chi connectivity index (χ0n) is 13.9. The maximum atomic E-state index is 13.1. The van der Waals surface area contributed by atoms with E-state index >= 15 is 0 Å². The molecule has 1 N–H and O–H groups in total. The highest BCUT2D eigenvalue weighted by molar-refractivity contribution is 7.25. The number of hydrogen-bond acceptors (Lipinski definition) is 6. The van der Waals surface area contributed by atoms with Crippen LogP contribution < -0.4 is 10.5 Å². The summed E-state index contributed by atoms with van der Waals surface area (Å²) in [7, 11) is 1.87. The molecule has 1 aromatic carbocycles. The van der Waals surface area contributed by atoms with E-state index in [-0.39, 0.29) is 18.0 Å². The lowest BCUT2D eigenvalue weighted by atomic mass is 10.2. The normalized spacial score (nSPS) is 11.3. The molecule has 0 saturated carbocycles. The Morgan fingerprint density at radius 3 is 2.73 bits per heavy atom. The molecule has 132 valence electrons. The maximum absolute atomic E-state index is 13.1. The molecule has 0 aliphatic rings. The van der Waals surface area contributed by atoms with Crippen LogP contribution in [0.25, 0.3) is 26.1 Å². The van der Waals surface area contributed by atoms with Gasteiger partial charge in [-0.3, -0.25) is 9.36 Å². The first-order chi connectivity index (χ1) is 12.6. The lowest BCUT2D eigenvalue weighted by Gasteiger charge is -2.18. The molecule has 3 aromatic heterocycles. The molecule has 3 heterocycles. The zero-order chi connectivity index (χ0) is 18.3. The Morgan fingerprint density at radius 1 is 1.23 bits per heavy atom. The minimum Gasteiger partial charge on any atom is -0.395 e. The van der Waals surface area contributed by atoms with Gasteiger partial charge in [0.15, 0.2) is 0 Å². The quantitative estimate of drug-likeness (QED) is 0.598. The van der Waals surface area contributed by atoms with E-state index in [0.717, 1.165) is 11.1 Å². The first kappa shape index (κ1) is 16.6. The van der Waals surface area contributed by atoms with Gasteiger partial charge in [-0.2, -0.15) is 0 Å². The molecular formula is C18H15FN4O2S. The molecule has 0 unspecified atom stereocenters. The number of likely N-dealkylation sites (N-methyl/N-ethyl adjacent to an activating group) is 1. The molecule has 4 aromatic rings. The van der Waals surface area contributed by atoms with Crippen molar-refractivity contribution in [2.24, 2.45) is 0 Å². The number of aliphatic hydroxyl groups excluding tert-OH is 1. The van der Waals surface area contributed by atoms with Gasteiger partial charge in [-0.1, -0.05) is 0 Å². The smallest absolute Gasteiger partial charge is 0.275 e. The van der Waals surface area contributed by atoms with Crippen LogP contribution in [0.2, 0.25) is 0 Å². The highest BCUT2D eigenvalue weighted by Gasteiger charge is 2.17. The molecule has 0 saturated heterocycles. The van der Waals surface area contributed by atoms with E-state index < -0.39 is 0 Å². The van der Waals surface area contributed by atoms with Crippen molar-refractivity contribution in [2.45, 2.75) is 0 Å². The predicted octanol–water partition coefficient (Wildman–Crippen LogP) is 2.56. The van der Waals surface area contributed by atoms with Crippen LogP contribution in [0.1, 0.15) is 0 Å². The fraction of sp³-hybridized carbons (Fsp3) is 0.167. The van der Waals surface area contributed by atoms with Crippen LogP contribution >= 0.6 is 11.3 Å². The number of hydrogen-bond donors (Lipinski definition) is 1. The highest BCUT2D eigenvalue weighted by atomic mass is 32.1. The predicted molar refractivity (Wildman–Crippen MR) is 101 cm³/mol. The number of thiophene rings is 1. The molecule has 4 rings (SSSR count). The van der Waals surface area contributed by atoms with Gasteiger partial charge in [-0.25, -0.2) is 14.4 Å². The number of aliphatic hydroxyl groups is 1. The van der Waals surface area contributed by atoms with Crippen LogP contribution in [0.5, 0.6) is 0 Å². The second-order valence-electron chi connectivity index (χ2n) is 5.83. The minimum absolute atomic E-state index is 0.0210. The third-order valence-corrected chi connectivity index (χ3v) is 5.29. The van der Waals surface area contributed by atoms with E-state index in [1.807, 2.05) is 18.0 Å². The van der Waals surface area contributed by atoms with Crippen LogP contribution in [-0.4, -0.2) is 39.8 Å². The summed E-state index contributed by atoms with van der Waals surface area (Å²) in [5.74, 6) is -0.363. The van der Waals surface area contributed by atoms with Gasteiger partial charge in [0.25, 0.3) is 5.56 Å². The summed E-state index contributed by atoms with van der Waals surface area (Å²) in [5.41, 5.74) is 1.78. The van der Waals surface area contributed by atoms with Crippen LogP contribution in [0.4, 0.5) is 10.1 Å². The average molecular weight is 370 g/mol. The summed E-state index contributed by atoms with van der Waals surface area (Å²) in [6.07, 6.45) is 3.13. The van der Waals surface area contributed by atoms with Gasteiger partial charge in [0, 0.05) is 19.8 Å². The summed E-state index contributed by atoms with van der Waals surface area (Å²) in [6, 6.07) is 7.53. The number of aromatic nitrogens is 3. The molecular weight excluding hydrogens is 355 g/mol. The Labute approximate surface area is 151 Å². The van der Waals surface area contributed by atoms with E-state index in [1.165, 1.54) is 46.5 Å². The number of rotatable bonds is 4. The van der Waals surface area contributed by atoms with Gasteiger partial charge >= 0.3 is 0 Å². The Balaban J connectivity index is 1.97. The third kappa shape index (κ3) is 2.63. The van der Waals surface area contributed by atoms with Crippen molar-refractivity contribution in [3.63, 3.8) is 0 Å². The van der Waals surface area contributed by atoms with Gasteiger partial charge < -0.3 is 10.0 Å². The topological polar surface area (TPSA) is 71.2 Å². The monoisotopic (exact) mass is 370 g/mol. The lowest BCUT2D eigenvalue weighted by Crippen LogP contribution is -2.21. The summed E-state index contributed by atoms with van der Waals surface area (Å²) >= 11 is 1.28. The number of pyridine rings is 1. The van der Waals surface area contributed by atoms with Crippen LogP contribution in [0.3, 0.4) is 0 Å². The number of fused-ring (bicyclic) bond motifs is 3. The minimum atomic E-state index is -0.363. The van der Waals surface area contributed by atoms with Gasteiger partial charge in [0.2, 0.25) is 0 Å². The van der Waals surface area contributed by atoms with E-state index in [1.54, 1.807) is 6.20 Å². The largest absolute Gasteiger partial charge is 0.395 e. The number of nitrogens with zero attached hydrogens (tertiary/aromatic N) is 4. The SMILES string of the molecule is CN(CCO)c1ccnc2sc3c(=O)n(-c4ccc(F)cc4)cnc3c12. The van der Waals surface area contributed by atoms with Crippen molar-refractivity contribution in [2.75, 3.05) is 25.1 Å². The molecule has 0 spiro atoms. The first-order valence-corrected chi connectivity index (χ1v) is 8.78. The second-order valence-corrected chi connectivity index (χ2v) is 6.83. The molecule has 0 aliphatic heterocycles. The summed E-state index contributed by atoms with van der Waals surface area (Å²) in [5, 5.41) is 10.0. The second kappa shape index (κ2) is 6.47. The van der Waals surface area contributed by atoms with Crippen molar-refractivity contribution in [1.29, 1.82) is 0 Å². The summed E-state index contributed by atoms with van der Waals surface area (Å²) in [6.45, 7) is 0.482. The number of anilines is 1. The van der Waals surface area contributed by atoms with Crippen molar-refractivity contribution in [1.82, 2.24) is 14.5 Å². The van der Waals surface area contributed by atoms with Crippen LogP contribution in [-0.2, 0) is 0 Å². The molecule has 0 fully saturated rings. The van der Waals surface area contributed by atoms with E-state index in [0.29, 0.717) is 27.3 Å². The average Bonchev–Trinajstić information content (AvgIpc) is 3.03. The van der Waals surface area contributed by atoms with Crippen molar-refractivity contribution in [3.8, 4) is 5.69 Å². The van der Waals surface area contributed by atoms with Crippen molar-refractivity contribution in [3.05, 3.63) is 59.0 Å². The summed E-state index contributed by atoms with van der Waals surface area (Å²) in [4.78, 5) is 24.4. The van der Waals surface area contributed by atoms with E-state index in [2.05, 4.69) is 9.97 Å². The molecule has 6 nitrogen and oxygen atoms in total. The fourth-order valence-corrected chi connectivity index (χ4v) is 3.96. The Kier molecular flexibility index (Phi) is 4.14. The molecule has 8 heteroatoms. The summed E-state index contributed by atoms with van der Waals surface area (Å²) < 4.78 is 15.0. The molecule has 0 aliphatic carbocycles. The molecule has 0 amide bonds. The number of benzene rings is 1. The Hall–Kier alpha value is -2.84. The highest BCUT2D eigenvalue weighted by Crippen LogP contribution is 2.35. The van der Waals surface area contributed by atoms with Crippen molar-refractivity contribution < 1.29 is 9.50 Å². The standard InChI is InChI=1S/C18H15FN4O2S/c1-22(8-9-24)13-6-7-20-17-14(13)15-16(26-17)18(25)23(10-21-15)12-4-2-11(19)3-5-12/h2-7,10,24H,8-9H2,1H3. The molecule has 0 radical (unpaired) electrons. The third-order valence-electron chi connectivity index (χ3n) is 4.21. The van der Waals surface area contributed by atoms with Gasteiger partial charge in [0.1, 0.15) is 27.2 Å². The zero-order valence-corrected chi connectivity index (χ0v) is 14.7.